The van der Waals surface area contributed by atoms with E-state index in [9.17, 15) is 0 Å². The summed E-state index contributed by atoms with van der Waals surface area (Å²) in [4.78, 5) is 18.3. The number of carboxylic acids is 2. The summed E-state index contributed by atoms with van der Waals surface area (Å²) < 4.78 is 0. The fraction of sp³-hybridized carbons (Fsp3) is 0. The van der Waals surface area contributed by atoms with Gasteiger partial charge in [-0.1, -0.05) is 13.2 Å². The molecule has 2 radical (unpaired) electrons. The van der Waals surface area contributed by atoms with E-state index < -0.39 is 11.9 Å². The van der Waals surface area contributed by atoms with Crippen LogP contribution in [0.5, 0.6) is 0 Å². The fourth-order valence-corrected chi connectivity index (χ4v) is 0. The standard InChI is InChI=1S/2C3H4O2.Sn/c2*1-2-3(4)5;/h2*2H,1H2,(H,4,5);/q;;+2/p-2. The Morgan fingerprint density at radius 1 is 1.00 bits per heavy atom. The maximum atomic E-state index is 9.14. The molecule has 0 aliphatic rings. The predicted octanol–water partition coefficient (Wildman–Crippen LogP) is -2.54. The summed E-state index contributed by atoms with van der Waals surface area (Å²) in [5.41, 5.74) is 0. The number of rotatable bonds is 2. The summed E-state index contributed by atoms with van der Waals surface area (Å²) in [6.45, 7) is 5.80. The fourth-order valence-electron chi connectivity index (χ4n) is 0. The van der Waals surface area contributed by atoms with Gasteiger partial charge in [0.1, 0.15) is 0 Å². The van der Waals surface area contributed by atoms with Gasteiger partial charge in [-0.25, -0.2) is 0 Å². The van der Waals surface area contributed by atoms with Crippen molar-refractivity contribution in [3.05, 3.63) is 25.3 Å². The molecule has 0 atom stereocenters. The molecule has 0 saturated carbocycles. The Balaban J connectivity index is -0.000000107. The van der Waals surface area contributed by atoms with Crippen LogP contribution in [0, 0.1) is 0 Å². The number of carboxylic acid groups (broad SMARTS) is 2. The first-order valence-corrected chi connectivity index (χ1v) is 2.21. The van der Waals surface area contributed by atoms with Crippen molar-refractivity contribution in [2.45, 2.75) is 0 Å². The van der Waals surface area contributed by atoms with Gasteiger partial charge in [0, 0.05) is 0 Å². The third-order valence-electron chi connectivity index (χ3n) is 0.333. The van der Waals surface area contributed by atoms with Crippen LogP contribution in [0.15, 0.2) is 25.3 Å². The largest absolute Gasteiger partial charge is 2.00 e. The van der Waals surface area contributed by atoms with Crippen molar-refractivity contribution in [3.8, 4) is 0 Å². The van der Waals surface area contributed by atoms with E-state index in [4.69, 9.17) is 19.8 Å². The predicted molar refractivity (Wildman–Crippen MR) is 36.2 cm³/mol. The van der Waals surface area contributed by atoms with E-state index in [-0.39, 0.29) is 23.9 Å². The summed E-state index contributed by atoms with van der Waals surface area (Å²) >= 11 is 0. The van der Waals surface area contributed by atoms with Crippen molar-refractivity contribution in [1.29, 1.82) is 0 Å². The molecule has 0 bridgehead atoms. The van der Waals surface area contributed by atoms with Crippen LogP contribution >= 0.6 is 0 Å². The van der Waals surface area contributed by atoms with Crippen LogP contribution in [0.3, 0.4) is 0 Å². The molecule has 0 spiro atoms. The Hall–Kier alpha value is -0.781. The molecule has 0 saturated heterocycles. The molecular formula is C6H6O4Sn. The van der Waals surface area contributed by atoms with Gasteiger partial charge >= 0.3 is 23.9 Å². The van der Waals surface area contributed by atoms with Crippen LogP contribution < -0.4 is 10.2 Å². The van der Waals surface area contributed by atoms with Gasteiger partial charge in [-0.05, 0) is 12.2 Å². The Kier molecular flexibility index (Phi) is 18.1. The van der Waals surface area contributed by atoms with Gasteiger partial charge in [-0.3, -0.25) is 0 Å². The van der Waals surface area contributed by atoms with Crippen LogP contribution in [-0.2, 0) is 9.59 Å². The van der Waals surface area contributed by atoms with E-state index in [1.807, 2.05) is 0 Å². The number of aliphatic carboxylic acids is 2. The van der Waals surface area contributed by atoms with E-state index in [0.29, 0.717) is 0 Å². The average molecular weight is 261 g/mol. The molecule has 11 heavy (non-hydrogen) atoms. The third kappa shape index (κ3) is 46.4. The van der Waals surface area contributed by atoms with Gasteiger partial charge in [-0.15, -0.1) is 0 Å². The second kappa shape index (κ2) is 11.9. The molecule has 0 aromatic rings. The van der Waals surface area contributed by atoms with Crippen LogP contribution in [-0.4, -0.2) is 35.8 Å². The third-order valence-corrected chi connectivity index (χ3v) is 0.333. The first-order valence-electron chi connectivity index (χ1n) is 2.21. The molecule has 0 N–H and O–H groups in total. The van der Waals surface area contributed by atoms with Crippen molar-refractivity contribution < 1.29 is 19.8 Å². The summed E-state index contributed by atoms with van der Waals surface area (Å²) in [6, 6.07) is 0. The quantitative estimate of drug-likeness (QED) is 0.405. The van der Waals surface area contributed by atoms with E-state index in [0.717, 1.165) is 12.2 Å². The topological polar surface area (TPSA) is 80.3 Å². The van der Waals surface area contributed by atoms with Gasteiger partial charge in [0.2, 0.25) is 0 Å². The molecule has 58 valence electrons. The summed E-state index contributed by atoms with van der Waals surface area (Å²) in [5.74, 6) is -2.46. The minimum Gasteiger partial charge on any atom is -0.545 e. The average Bonchev–Trinajstić information content (AvgIpc) is 1.89. The van der Waals surface area contributed by atoms with E-state index >= 15 is 0 Å². The number of hydrogen-bond donors (Lipinski definition) is 0. The van der Waals surface area contributed by atoms with Crippen molar-refractivity contribution >= 4 is 35.8 Å². The zero-order valence-corrected chi connectivity index (χ0v) is 8.56. The number of hydrogen-bond acceptors (Lipinski definition) is 4. The van der Waals surface area contributed by atoms with Crippen molar-refractivity contribution in [2.75, 3.05) is 0 Å². The maximum Gasteiger partial charge on any atom is 2.00 e. The van der Waals surface area contributed by atoms with Crippen molar-refractivity contribution in [3.63, 3.8) is 0 Å². The molecule has 0 aliphatic carbocycles. The maximum absolute atomic E-state index is 9.14. The Labute approximate surface area is 81.2 Å². The zero-order chi connectivity index (χ0) is 8.57. The summed E-state index contributed by atoms with van der Waals surface area (Å²) in [5, 5.41) is 18.3. The van der Waals surface area contributed by atoms with Gasteiger partial charge in [0.25, 0.3) is 0 Å². The van der Waals surface area contributed by atoms with Crippen LogP contribution in [0.1, 0.15) is 0 Å². The van der Waals surface area contributed by atoms with E-state index in [2.05, 4.69) is 13.2 Å². The molecular weight excluding hydrogens is 255 g/mol. The molecule has 0 aromatic carbocycles. The minimum absolute atomic E-state index is 0. The zero-order valence-electron chi connectivity index (χ0n) is 5.70. The first-order chi connectivity index (χ1) is 4.54. The van der Waals surface area contributed by atoms with E-state index in [1.165, 1.54) is 0 Å². The smallest absolute Gasteiger partial charge is 0.545 e. The first kappa shape index (κ1) is 16.7. The summed E-state index contributed by atoms with van der Waals surface area (Å²) in [6.07, 6.45) is 1.44. The Morgan fingerprint density at radius 2 is 1.09 bits per heavy atom. The minimum atomic E-state index is -1.23. The van der Waals surface area contributed by atoms with Gasteiger partial charge < -0.3 is 19.8 Å². The summed E-state index contributed by atoms with van der Waals surface area (Å²) in [7, 11) is 0. The van der Waals surface area contributed by atoms with Crippen molar-refractivity contribution in [1.82, 2.24) is 0 Å². The number of carbonyl (C=O) groups excluding carboxylic acids is 2. The normalized spacial score (nSPS) is 5.82. The number of carbonyl (C=O) groups is 2. The second-order valence-corrected chi connectivity index (χ2v) is 1.05. The van der Waals surface area contributed by atoms with Gasteiger partial charge in [-0.2, -0.15) is 0 Å². The Morgan fingerprint density at radius 3 is 1.09 bits per heavy atom. The van der Waals surface area contributed by atoms with Crippen LogP contribution in [0.2, 0.25) is 0 Å². The molecule has 0 aromatic heterocycles. The molecule has 5 heteroatoms. The van der Waals surface area contributed by atoms with Gasteiger partial charge in [0.15, 0.2) is 0 Å². The molecule has 4 nitrogen and oxygen atoms in total. The van der Waals surface area contributed by atoms with E-state index in [1.54, 1.807) is 0 Å². The SMILES string of the molecule is C=CC(=O)[O-].C=CC(=O)[O-].[Sn+2]. The van der Waals surface area contributed by atoms with Crippen molar-refractivity contribution in [2.24, 2.45) is 0 Å². The molecule has 0 rings (SSSR count). The molecule has 0 unspecified atom stereocenters. The Bertz CT molecular complexity index is 135. The monoisotopic (exact) mass is 262 g/mol. The molecule has 0 fully saturated rings. The molecule has 0 heterocycles. The molecule has 0 amide bonds. The van der Waals surface area contributed by atoms with Crippen LogP contribution in [0.4, 0.5) is 0 Å². The second-order valence-electron chi connectivity index (χ2n) is 1.05. The van der Waals surface area contributed by atoms with Gasteiger partial charge in [0.05, 0.1) is 11.9 Å². The molecule has 0 aliphatic heterocycles. The van der Waals surface area contributed by atoms with Crippen LogP contribution in [0.25, 0.3) is 0 Å².